The zero-order chi connectivity index (χ0) is 14.5. The number of nitrogens with one attached hydrogen (secondary N) is 2. The van der Waals surface area contributed by atoms with Gasteiger partial charge in [0.2, 0.25) is 0 Å². The third-order valence-electron chi connectivity index (χ3n) is 2.80. The SMILES string of the molecule is CNc1cc(Nc2ccccc2OC)cc([N+](=O)[O-])c1. The Morgan fingerprint density at radius 2 is 1.85 bits per heavy atom. The highest BCUT2D eigenvalue weighted by Crippen LogP contribution is 2.30. The number of rotatable bonds is 5. The molecule has 0 saturated carbocycles. The maximum Gasteiger partial charge on any atom is 0.273 e. The Balaban J connectivity index is 2.37. The van der Waals surface area contributed by atoms with Gasteiger partial charge in [-0.15, -0.1) is 0 Å². The van der Waals surface area contributed by atoms with Crippen LogP contribution in [0.2, 0.25) is 0 Å². The summed E-state index contributed by atoms with van der Waals surface area (Å²) in [5, 5.41) is 16.9. The van der Waals surface area contributed by atoms with Crippen LogP contribution in [0.15, 0.2) is 42.5 Å². The predicted octanol–water partition coefficient (Wildman–Crippen LogP) is 3.39. The Morgan fingerprint density at radius 1 is 1.15 bits per heavy atom. The lowest BCUT2D eigenvalue weighted by Gasteiger charge is -2.12. The van der Waals surface area contributed by atoms with Crippen LogP contribution in [0.4, 0.5) is 22.7 Å². The van der Waals surface area contributed by atoms with Gasteiger partial charge in [-0.05, 0) is 18.2 Å². The first-order valence-corrected chi connectivity index (χ1v) is 6.01. The van der Waals surface area contributed by atoms with Crippen LogP contribution in [0.5, 0.6) is 5.75 Å². The molecule has 0 bridgehead atoms. The quantitative estimate of drug-likeness (QED) is 0.645. The lowest BCUT2D eigenvalue weighted by molar-refractivity contribution is -0.384. The molecular formula is C14H15N3O3. The molecule has 0 radical (unpaired) electrons. The number of nitro benzene ring substituents is 1. The number of non-ortho nitro benzene ring substituents is 1. The van der Waals surface area contributed by atoms with Crippen molar-refractivity contribution in [2.75, 3.05) is 24.8 Å². The number of anilines is 3. The Labute approximate surface area is 116 Å². The summed E-state index contributed by atoms with van der Waals surface area (Å²) in [6.07, 6.45) is 0. The van der Waals surface area contributed by atoms with Crippen molar-refractivity contribution in [3.05, 3.63) is 52.6 Å². The van der Waals surface area contributed by atoms with Crippen LogP contribution in [0.3, 0.4) is 0 Å². The van der Waals surface area contributed by atoms with E-state index < -0.39 is 4.92 Å². The highest BCUT2D eigenvalue weighted by Gasteiger charge is 2.10. The molecule has 2 aromatic rings. The van der Waals surface area contributed by atoms with Crippen molar-refractivity contribution in [2.45, 2.75) is 0 Å². The molecule has 6 heteroatoms. The molecule has 2 aromatic carbocycles. The van der Waals surface area contributed by atoms with Crippen LogP contribution in [0.25, 0.3) is 0 Å². The lowest BCUT2D eigenvalue weighted by atomic mass is 10.2. The van der Waals surface area contributed by atoms with E-state index in [4.69, 9.17) is 4.74 Å². The average molecular weight is 273 g/mol. The second kappa shape index (κ2) is 5.92. The smallest absolute Gasteiger partial charge is 0.273 e. The minimum Gasteiger partial charge on any atom is -0.495 e. The van der Waals surface area contributed by atoms with Crippen molar-refractivity contribution in [1.29, 1.82) is 0 Å². The van der Waals surface area contributed by atoms with Gasteiger partial charge in [0, 0.05) is 30.6 Å². The van der Waals surface area contributed by atoms with Gasteiger partial charge in [0.1, 0.15) is 5.75 Å². The molecule has 0 aliphatic rings. The van der Waals surface area contributed by atoms with Crippen molar-refractivity contribution in [3.63, 3.8) is 0 Å². The van der Waals surface area contributed by atoms with E-state index >= 15 is 0 Å². The largest absolute Gasteiger partial charge is 0.495 e. The van der Waals surface area contributed by atoms with Gasteiger partial charge >= 0.3 is 0 Å². The first-order chi connectivity index (χ1) is 9.63. The standard InChI is InChI=1S/C14H15N3O3/c1-15-10-7-11(9-12(8-10)17(18)19)16-13-5-3-4-6-14(13)20-2/h3-9,15-16H,1-2H3. The fraction of sp³-hybridized carbons (Fsp3) is 0.143. The van der Waals surface area contributed by atoms with Gasteiger partial charge in [-0.3, -0.25) is 10.1 Å². The Hall–Kier alpha value is -2.76. The Bertz CT molecular complexity index is 629. The maximum atomic E-state index is 10.9. The molecule has 0 saturated heterocycles. The van der Waals surface area contributed by atoms with E-state index in [0.29, 0.717) is 17.1 Å². The number of hydrogen-bond donors (Lipinski definition) is 2. The predicted molar refractivity (Wildman–Crippen MR) is 78.9 cm³/mol. The molecule has 0 unspecified atom stereocenters. The van der Waals surface area contributed by atoms with E-state index in [2.05, 4.69) is 10.6 Å². The number of benzene rings is 2. The second-order valence-corrected chi connectivity index (χ2v) is 4.10. The number of nitro groups is 1. The molecule has 0 spiro atoms. The molecule has 0 aliphatic carbocycles. The summed E-state index contributed by atoms with van der Waals surface area (Å²) < 4.78 is 5.24. The summed E-state index contributed by atoms with van der Waals surface area (Å²) in [4.78, 5) is 10.5. The number of methoxy groups -OCH3 is 1. The first-order valence-electron chi connectivity index (χ1n) is 6.01. The minimum absolute atomic E-state index is 0.0225. The van der Waals surface area contributed by atoms with E-state index in [-0.39, 0.29) is 5.69 Å². The van der Waals surface area contributed by atoms with Gasteiger partial charge in [-0.25, -0.2) is 0 Å². The van der Waals surface area contributed by atoms with Crippen LogP contribution in [0, 0.1) is 10.1 Å². The van der Waals surface area contributed by atoms with E-state index in [9.17, 15) is 10.1 Å². The molecule has 6 nitrogen and oxygen atoms in total. The number of hydrogen-bond acceptors (Lipinski definition) is 5. The molecule has 20 heavy (non-hydrogen) atoms. The second-order valence-electron chi connectivity index (χ2n) is 4.10. The molecule has 0 heterocycles. The summed E-state index contributed by atoms with van der Waals surface area (Å²) in [5.41, 5.74) is 2.05. The Kier molecular flexibility index (Phi) is 4.05. The van der Waals surface area contributed by atoms with E-state index in [1.807, 2.05) is 24.3 Å². The van der Waals surface area contributed by atoms with Crippen molar-refractivity contribution >= 4 is 22.7 Å². The summed E-state index contributed by atoms with van der Waals surface area (Å²) >= 11 is 0. The summed E-state index contributed by atoms with van der Waals surface area (Å²) in [6, 6.07) is 12.1. The first kappa shape index (κ1) is 13.7. The fourth-order valence-electron chi connectivity index (χ4n) is 1.84. The van der Waals surface area contributed by atoms with Gasteiger partial charge in [0.05, 0.1) is 17.7 Å². The van der Waals surface area contributed by atoms with Crippen LogP contribution in [-0.2, 0) is 0 Å². The van der Waals surface area contributed by atoms with Crippen molar-refractivity contribution < 1.29 is 9.66 Å². The number of nitrogens with zero attached hydrogens (tertiary/aromatic N) is 1. The zero-order valence-corrected chi connectivity index (χ0v) is 11.2. The van der Waals surface area contributed by atoms with Gasteiger partial charge in [0.25, 0.3) is 5.69 Å². The van der Waals surface area contributed by atoms with E-state index in [1.165, 1.54) is 12.1 Å². The fourth-order valence-corrected chi connectivity index (χ4v) is 1.84. The van der Waals surface area contributed by atoms with Crippen molar-refractivity contribution in [2.24, 2.45) is 0 Å². The molecule has 2 rings (SSSR count). The third-order valence-corrected chi connectivity index (χ3v) is 2.80. The monoisotopic (exact) mass is 273 g/mol. The van der Waals surface area contributed by atoms with E-state index in [1.54, 1.807) is 20.2 Å². The number of ether oxygens (including phenoxy) is 1. The molecule has 0 fully saturated rings. The molecule has 0 aliphatic heterocycles. The topological polar surface area (TPSA) is 76.4 Å². The lowest BCUT2D eigenvalue weighted by Crippen LogP contribution is -1.98. The van der Waals surface area contributed by atoms with Crippen LogP contribution < -0.4 is 15.4 Å². The number of para-hydroxylation sites is 2. The highest BCUT2D eigenvalue weighted by molar-refractivity contribution is 5.71. The summed E-state index contributed by atoms with van der Waals surface area (Å²) in [7, 11) is 3.29. The normalized spacial score (nSPS) is 9.90. The van der Waals surface area contributed by atoms with Crippen LogP contribution in [0.1, 0.15) is 0 Å². The van der Waals surface area contributed by atoms with Gasteiger partial charge in [0.15, 0.2) is 0 Å². The van der Waals surface area contributed by atoms with Gasteiger partial charge in [-0.1, -0.05) is 12.1 Å². The van der Waals surface area contributed by atoms with Crippen LogP contribution in [-0.4, -0.2) is 19.1 Å². The summed E-state index contributed by atoms with van der Waals surface area (Å²) in [6.45, 7) is 0. The molecule has 2 N–H and O–H groups in total. The zero-order valence-electron chi connectivity index (χ0n) is 11.2. The summed E-state index contributed by atoms with van der Waals surface area (Å²) in [5.74, 6) is 0.671. The maximum absolute atomic E-state index is 10.9. The van der Waals surface area contributed by atoms with E-state index in [0.717, 1.165) is 5.69 Å². The van der Waals surface area contributed by atoms with Gasteiger partial charge in [-0.2, -0.15) is 0 Å². The highest BCUT2D eigenvalue weighted by atomic mass is 16.6. The Morgan fingerprint density at radius 3 is 2.50 bits per heavy atom. The molecule has 0 atom stereocenters. The molecule has 0 amide bonds. The van der Waals surface area contributed by atoms with Crippen LogP contribution >= 0.6 is 0 Å². The molecular weight excluding hydrogens is 258 g/mol. The third kappa shape index (κ3) is 2.97. The van der Waals surface area contributed by atoms with Gasteiger partial charge < -0.3 is 15.4 Å². The molecule has 104 valence electrons. The van der Waals surface area contributed by atoms with Crippen molar-refractivity contribution in [1.82, 2.24) is 0 Å². The van der Waals surface area contributed by atoms with Crippen molar-refractivity contribution in [3.8, 4) is 5.75 Å². The minimum atomic E-state index is -0.422. The average Bonchev–Trinajstić information content (AvgIpc) is 2.47. The molecule has 0 aromatic heterocycles.